The highest BCUT2D eigenvalue weighted by molar-refractivity contribution is 6.17. The Hall–Kier alpha value is -2.62. The first kappa shape index (κ1) is 15.3. The summed E-state index contributed by atoms with van der Waals surface area (Å²) in [4.78, 5) is 26.1. The van der Waals surface area contributed by atoms with E-state index >= 15 is 0 Å². The molecule has 1 heterocycles. The quantitative estimate of drug-likeness (QED) is 0.645. The molecule has 1 atom stereocenters. The van der Waals surface area contributed by atoms with Gasteiger partial charge < -0.3 is 9.64 Å². The first-order valence-electron chi connectivity index (χ1n) is 7.71. The van der Waals surface area contributed by atoms with Crippen molar-refractivity contribution in [3.63, 3.8) is 0 Å². The van der Waals surface area contributed by atoms with E-state index in [0.717, 1.165) is 10.9 Å². The molecule has 0 aliphatic carbocycles. The average Bonchev–Trinajstić information content (AvgIpc) is 2.60. The molecule has 2 aromatic carbocycles. The van der Waals surface area contributed by atoms with Gasteiger partial charge in [-0.25, -0.2) is 4.79 Å². The normalized spacial score (nSPS) is 18.0. The molecule has 0 aromatic heterocycles. The Bertz CT molecular complexity index is 794. The van der Waals surface area contributed by atoms with Gasteiger partial charge in [0.05, 0.1) is 13.2 Å². The fourth-order valence-electron chi connectivity index (χ4n) is 3.04. The number of hydrogen-bond donors (Lipinski definition) is 0. The second-order valence-electron chi connectivity index (χ2n) is 5.61. The average molecular weight is 309 g/mol. The van der Waals surface area contributed by atoms with Crippen LogP contribution in [0.25, 0.3) is 10.8 Å². The van der Waals surface area contributed by atoms with E-state index in [1.54, 1.807) is 6.20 Å². The van der Waals surface area contributed by atoms with Gasteiger partial charge in [0.2, 0.25) is 0 Å². The predicted molar refractivity (Wildman–Crippen MR) is 88.8 cm³/mol. The molecule has 0 bridgehead atoms. The van der Waals surface area contributed by atoms with Crippen LogP contribution in [-0.4, -0.2) is 30.3 Å². The Balaban J connectivity index is 1.99. The minimum absolute atomic E-state index is 0.0505. The molecular formula is C19H19NO3. The molecule has 23 heavy (non-hydrogen) atoms. The van der Waals surface area contributed by atoms with Crippen molar-refractivity contribution in [2.45, 2.75) is 19.4 Å². The number of fused-ring (bicyclic) bond motifs is 1. The number of Topliss-reactive ketones (excluding diaryl/α,β-unsaturated/α-hetero) is 1. The van der Waals surface area contributed by atoms with Crippen molar-refractivity contribution < 1.29 is 14.3 Å². The van der Waals surface area contributed by atoms with Gasteiger partial charge in [-0.1, -0.05) is 36.4 Å². The Morgan fingerprint density at radius 3 is 2.65 bits per heavy atom. The van der Waals surface area contributed by atoms with Crippen LogP contribution < -0.4 is 0 Å². The zero-order valence-corrected chi connectivity index (χ0v) is 13.3. The van der Waals surface area contributed by atoms with E-state index in [9.17, 15) is 9.59 Å². The first-order chi connectivity index (χ1) is 11.1. The van der Waals surface area contributed by atoms with Gasteiger partial charge >= 0.3 is 5.97 Å². The number of benzene rings is 2. The van der Waals surface area contributed by atoms with Crippen LogP contribution in [0.5, 0.6) is 0 Å². The topological polar surface area (TPSA) is 46.6 Å². The molecule has 118 valence electrons. The molecule has 0 saturated heterocycles. The van der Waals surface area contributed by atoms with Crippen LogP contribution in [0.1, 0.15) is 24.9 Å². The van der Waals surface area contributed by atoms with E-state index in [1.165, 1.54) is 12.5 Å². The maximum atomic E-state index is 12.3. The van der Waals surface area contributed by atoms with Crippen molar-refractivity contribution in [3.8, 4) is 0 Å². The van der Waals surface area contributed by atoms with Gasteiger partial charge in [0.25, 0.3) is 0 Å². The zero-order chi connectivity index (χ0) is 16.4. The second kappa shape index (κ2) is 6.24. The number of ether oxygens (including phenoxy) is 1. The molecule has 0 fully saturated rings. The molecule has 1 aliphatic rings. The number of esters is 1. The van der Waals surface area contributed by atoms with Gasteiger partial charge in [0, 0.05) is 19.2 Å². The minimum Gasteiger partial charge on any atom is -0.465 e. The molecule has 4 heteroatoms. The van der Waals surface area contributed by atoms with Crippen molar-refractivity contribution >= 4 is 22.5 Å². The SMILES string of the molecule is CCN1C=C(C(=O)OC)C(=O)CC1c1ccc2ccccc2c1. The van der Waals surface area contributed by atoms with Crippen molar-refractivity contribution in [2.24, 2.45) is 0 Å². The predicted octanol–water partition coefficient (Wildman–Crippen LogP) is 3.23. The summed E-state index contributed by atoms with van der Waals surface area (Å²) in [6, 6.07) is 14.3. The number of nitrogens with zero attached hydrogens (tertiary/aromatic N) is 1. The van der Waals surface area contributed by atoms with Crippen molar-refractivity contribution in [3.05, 3.63) is 59.8 Å². The van der Waals surface area contributed by atoms with Crippen LogP contribution in [-0.2, 0) is 14.3 Å². The van der Waals surface area contributed by atoms with Gasteiger partial charge in [-0.3, -0.25) is 4.79 Å². The maximum absolute atomic E-state index is 12.3. The summed E-state index contributed by atoms with van der Waals surface area (Å²) >= 11 is 0. The third-order valence-corrected chi connectivity index (χ3v) is 4.30. The lowest BCUT2D eigenvalue weighted by Crippen LogP contribution is -2.33. The van der Waals surface area contributed by atoms with E-state index in [4.69, 9.17) is 4.74 Å². The molecule has 0 amide bonds. The molecule has 0 spiro atoms. The molecule has 4 nitrogen and oxygen atoms in total. The number of carbonyl (C=O) groups excluding carboxylic acids is 2. The van der Waals surface area contributed by atoms with E-state index in [-0.39, 0.29) is 23.8 Å². The molecule has 1 unspecified atom stereocenters. The Kier molecular flexibility index (Phi) is 4.15. The van der Waals surface area contributed by atoms with Crippen LogP contribution in [0, 0.1) is 0 Å². The van der Waals surface area contributed by atoms with Crippen LogP contribution in [0.2, 0.25) is 0 Å². The summed E-state index contributed by atoms with van der Waals surface area (Å²) in [7, 11) is 1.29. The number of rotatable bonds is 3. The summed E-state index contributed by atoms with van der Waals surface area (Å²) < 4.78 is 4.70. The van der Waals surface area contributed by atoms with Crippen LogP contribution in [0.4, 0.5) is 0 Å². The Morgan fingerprint density at radius 1 is 1.22 bits per heavy atom. The number of hydrogen-bond acceptors (Lipinski definition) is 4. The van der Waals surface area contributed by atoms with Crippen LogP contribution in [0.3, 0.4) is 0 Å². The van der Waals surface area contributed by atoms with Gasteiger partial charge in [-0.15, -0.1) is 0 Å². The monoisotopic (exact) mass is 309 g/mol. The van der Waals surface area contributed by atoms with E-state index in [0.29, 0.717) is 6.54 Å². The fourth-order valence-corrected chi connectivity index (χ4v) is 3.04. The zero-order valence-electron chi connectivity index (χ0n) is 13.3. The summed E-state index contributed by atoms with van der Waals surface area (Å²) in [5, 5.41) is 2.32. The van der Waals surface area contributed by atoms with E-state index in [2.05, 4.69) is 30.3 Å². The number of ketones is 1. The third-order valence-electron chi connectivity index (χ3n) is 4.30. The number of methoxy groups -OCH3 is 1. The van der Waals surface area contributed by atoms with Crippen molar-refractivity contribution in [1.29, 1.82) is 0 Å². The van der Waals surface area contributed by atoms with Crippen molar-refractivity contribution in [2.75, 3.05) is 13.7 Å². The molecule has 1 aliphatic heterocycles. The van der Waals surface area contributed by atoms with Gasteiger partial charge in [-0.2, -0.15) is 0 Å². The third kappa shape index (κ3) is 2.84. The summed E-state index contributed by atoms with van der Waals surface area (Å²) in [6.07, 6.45) is 1.92. The van der Waals surface area contributed by atoms with Crippen LogP contribution >= 0.6 is 0 Å². The molecule has 0 N–H and O–H groups in total. The smallest absolute Gasteiger partial charge is 0.342 e. The van der Waals surface area contributed by atoms with Crippen LogP contribution in [0.15, 0.2) is 54.2 Å². The molecule has 0 radical (unpaired) electrons. The maximum Gasteiger partial charge on any atom is 0.342 e. The van der Waals surface area contributed by atoms with Gasteiger partial charge in [-0.05, 0) is 29.3 Å². The summed E-state index contributed by atoms with van der Waals surface area (Å²) in [5.41, 5.74) is 1.21. The lowest BCUT2D eigenvalue weighted by molar-refractivity contribution is -0.138. The van der Waals surface area contributed by atoms with E-state index in [1.807, 2.05) is 24.0 Å². The Labute approximate surface area is 135 Å². The largest absolute Gasteiger partial charge is 0.465 e. The molecule has 0 saturated carbocycles. The van der Waals surface area contributed by atoms with Gasteiger partial charge in [0.15, 0.2) is 5.78 Å². The van der Waals surface area contributed by atoms with E-state index < -0.39 is 5.97 Å². The molecular weight excluding hydrogens is 290 g/mol. The standard InChI is InChI=1S/C19H19NO3/c1-3-20-12-16(19(22)23-2)18(21)11-17(20)15-9-8-13-6-4-5-7-14(13)10-15/h4-10,12,17H,3,11H2,1-2H3. The highest BCUT2D eigenvalue weighted by Crippen LogP contribution is 2.32. The summed E-state index contributed by atoms with van der Waals surface area (Å²) in [6.45, 7) is 2.72. The lowest BCUT2D eigenvalue weighted by atomic mass is 9.92. The Morgan fingerprint density at radius 2 is 1.96 bits per heavy atom. The fraction of sp³-hybridized carbons (Fsp3) is 0.263. The molecule has 2 aromatic rings. The van der Waals surface area contributed by atoms with Gasteiger partial charge in [0.1, 0.15) is 5.57 Å². The highest BCUT2D eigenvalue weighted by atomic mass is 16.5. The lowest BCUT2D eigenvalue weighted by Gasteiger charge is -2.33. The first-order valence-corrected chi connectivity index (χ1v) is 7.71. The minimum atomic E-state index is -0.564. The molecule has 3 rings (SSSR count). The summed E-state index contributed by atoms with van der Waals surface area (Å²) in [5.74, 6) is -0.731. The highest BCUT2D eigenvalue weighted by Gasteiger charge is 2.31. The number of carbonyl (C=O) groups is 2. The second-order valence-corrected chi connectivity index (χ2v) is 5.61. The van der Waals surface area contributed by atoms with Crippen molar-refractivity contribution in [1.82, 2.24) is 4.90 Å².